The Kier molecular flexibility index (Phi) is 2.80. The first-order valence-electron chi connectivity index (χ1n) is 3.81. The van der Waals surface area contributed by atoms with Gasteiger partial charge in [0.25, 0.3) is 0 Å². The summed E-state index contributed by atoms with van der Waals surface area (Å²) in [7, 11) is 1.77. The lowest BCUT2D eigenvalue weighted by Gasteiger charge is -2.13. The number of aromatic nitrogens is 1. The maximum atomic E-state index is 10.9. The molecule has 1 aromatic rings. The first kappa shape index (κ1) is 8.71. The highest BCUT2D eigenvalue weighted by atomic mass is 16.2. The second-order valence-corrected chi connectivity index (χ2v) is 2.74. The third-order valence-electron chi connectivity index (χ3n) is 1.68. The second-order valence-electron chi connectivity index (χ2n) is 2.74. The monoisotopic (exact) mass is 164 g/mol. The van der Waals surface area contributed by atoms with Gasteiger partial charge in [0.2, 0.25) is 5.91 Å². The molecule has 0 atom stereocenters. The Bertz CT molecular complexity index is 258. The Morgan fingerprint density at radius 3 is 2.92 bits per heavy atom. The summed E-state index contributed by atoms with van der Waals surface area (Å²) in [4.78, 5) is 16.5. The topological polar surface area (TPSA) is 33.2 Å². The zero-order valence-electron chi connectivity index (χ0n) is 7.32. The predicted octanol–water partition coefficient (Wildman–Crippen LogP) is 1.06. The molecule has 0 radical (unpaired) electrons. The van der Waals surface area contributed by atoms with Crippen LogP contribution in [0.1, 0.15) is 12.5 Å². The molecule has 1 heterocycles. The molecule has 0 aliphatic heterocycles. The predicted molar refractivity (Wildman–Crippen MR) is 46.4 cm³/mol. The van der Waals surface area contributed by atoms with E-state index < -0.39 is 0 Å². The van der Waals surface area contributed by atoms with Crippen molar-refractivity contribution in [1.29, 1.82) is 0 Å². The Hall–Kier alpha value is -1.38. The number of pyridine rings is 1. The van der Waals surface area contributed by atoms with Crippen molar-refractivity contribution in [3.63, 3.8) is 0 Å². The van der Waals surface area contributed by atoms with E-state index in [-0.39, 0.29) is 5.91 Å². The summed E-state index contributed by atoms with van der Waals surface area (Å²) < 4.78 is 0. The summed E-state index contributed by atoms with van der Waals surface area (Å²) in [6.45, 7) is 2.18. The Morgan fingerprint density at radius 2 is 2.42 bits per heavy atom. The van der Waals surface area contributed by atoms with Crippen molar-refractivity contribution in [2.75, 3.05) is 7.05 Å². The van der Waals surface area contributed by atoms with Crippen LogP contribution in [0.2, 0.25) is 0 Å². The summed E-state index contributed by atoms with van der Waals surface area (Å²) in [5, 5.41) is 0. The Balaban J connectivity index is 2.58. The summed E-state index contributed by atoms with van der Waals surface area (Å²) in [6.07, 6.45) is 3.48. The van der Waals surface area contributed by atoms with Crippen molar-refractivity contribution in [2.45, 2.75) is 13.5 Å². The average Bonchev–Trinajstić information content (AvgIpc) is 2.06. The van der Waals surface area contributed by atoms with Crippen LogP contribution in [-0.2, 0) is 11.3 Å². The van der Waals surface area contributed by atoms with Crippen LogP contribution in [-0.4, -0.2) is 22.8 Å². The van der Waals surface area contributed by atoms with Crippen LogP contribution >= 0.6 is 0 Å². The minimum Gasteiger partial charge on any atom is -0.342 e. The van der Waals surface area contributed by atoms with Crippen LogP contribution in [0.5, 0.6) is 0 Å². The molecule has 0 unspecified atom stereocenters. The largest absolute Gasteiger partial charge is 0.342 e. The van der Waals surface area contributed by atoms with E-state index in [1.165, 1.54) is 0 Å². The van der Waals surface area contributed by atoms with Gasteiger partial charge in [0.05, 0.1) is 0 Å². The second kappa shape index (κ2) is 3.85. The zero-order valence-corrected chi connectivity index (χ0v) is 7.32. The van der Waals surface area contributed by atoms with Crippen molar-refractivity contribution in [1.82, 2.24) is 9.88 Å². The van der Waals surface area contributed by atoms with Gasteiger partial charge in [-0.25, -0.2) is 0 Å². The third kappa shape index (κ3) is 2.34. The number of hydrogen-bond donors (Lipinski definition) is 0. The maximum absolute atomic E-state index is 10.9. The van der Waals surface area contributed by atoms with Gasteiger partial charge in [-0.05, 0) is 11.6 Å². The first-order valence-corrected chi connectivity index (χ1v) is 3.81. The molecule has 64 valence electrons. The highest BCUT2D eigenvalue weighted by Gasteiger charge is 2.01. The first-order chi connectivity index (χ1) is 5.70. The molecule has 1 rings (SSSR count). The van der Waals surface area contributed by atoms with Gasteiger partial charge in [-0.2, -0.15) is 0 Å². The summed E-state index contributed by atoms with van der Waals surface area (Å²) in [6, 6.07) is 3.82. The smallest absolute Gasteiger partial charge is 0.219 e. The van der Waals surface area contributed by atoms with Gasteiger partial charge in [0.15, 0.2) is 0 Å². The van der Waals surface area contributed by atoms with Crippen LogP contribution < -0.4 is 0 Å². The fraction of sp³-hybridized carbons (Fsp3) is 0.333. The molecule has 0 bridgehead atoms. The lowest BCUT2D eigenvalue weighted by Crippen LogP contribution is -2.22. The van der Waals surface area contributed by atoms with Crippen LogP contribution in [0.3, 0.4) is 0 Å². The minimum atomic E-state index is 0.0684. The maximum Gasteiger partial charge on any atom is 0.219 e. The number of carbonyl (C=O) groups is 1. The summed E-state index contributed by atoms with van der Waals surface area (Å²) in [5.41, 5.74) is 1.05. The summed E-state index contributed by atoms with van der Waals surface area (Å²) in [5.74, 6) is 0.0684. The molecule has 0 fully saturated rings. The van der Waals surface area contributed by atoms with Gasteiger partial charge in [-0.15, -0.1) is 0 Å². The van der Waals surface area contributed by atoms with Gasteiger partial charge in [0, 0.05) is 32.9 Å². The van der Waals surface area contributed by atoms with E-state index in [1.807, 2.05) is 12.1 Å². The molecule has 1 aromatic heterocycles. The molecular formula is C9H12N2O. The number of hydrogen-bond acceptors (Lipinski definition) is 2. The highest BCUT2D eigenvalue weighted by Crippen LogP contribution is 1.99. The van der Waals surface area contributed by atoms with E-state index >= 15 is 0 Å². The molecule has 0 saturated heterocycles. The van der Waals surface area contributed by atoms with E-state index in [0.717, 1.165) is 5.56 Å². The standard InChI is InChI=1S/C9H12N2O/c1-8(12)11(2)7-9-4-3-5-10-6-9/h3-6H,7H2,1-2H3. The molecule has 0 aliphatic carbocycles. The normalized spacial score (nSPS) is 9.50. The van der Waals surface area contributed by atoms with E-state index in [1.54, 1.807) is 31.3 Å². The molecule has 0 saturated carbocycles. The molecule has 12 heavy (non-hydrogen) atoms. The summed E-state index contributed by atoms with van der Waals surface area (Å²) >= 11 is 0. The SMILES string of the molecule is CC(=O)N(C)Cc1cccnc1. The molecule has 0 spiro atoms. The molecule has 3 heteroatoms. The lowest BCUT2D eigenvalue weighted by atomic mass is 10.3. The number of nitrogens with zero attached hydrogens (tertiary/aromatic N) is 2. The van der Waals surface area contributed by atoms with Gasteiger partial charge in [0.1, 0.15) is 0 Å². The van der Waals surface area contributed by atoms with E-state index in [0.29, 0.717) is 6.54 Å². The van der Waals surface area contributed by atoms with Gasteiger partial charge in [-0.1, -0.05) is 6.07 Å². The molecule has 0 aliphatic rings. The van der Waals surface area contributed by atoms with Crippen LogP contribution in [0.4, 0.5) is 0 Å². The molecule has 0 N–H and O–H groups in total. The van der Waals surface area contributed by atoms with Crippen molar-refractivity contribution in [3.8, 4) is 0 Å². The minimum absolute atomic E-state index is 0.0684. The Labute approximate surface area is 72.0 Å². The fourth-order valence-electron chi connectivity index (χ4n) is 0.877. The van der Waals surface area contributed by atoms with E-state index in [9.17, 15) is 4.79 Å². The lowest BCUT2D eigenvalue weighted by molar-refractivity contribution is -0.128. The van der Waals surface area contributed by atoms with Gasteiger partial charge >= 0.3 is 0 Å². The van der Waals surface area contributed by atoms with Crippen LogP contribution in [0.15, 0.2) is 24.5 Å². The quantitative estimate of drug-likeness (QED) is 0.654. The molecule has 1 amide bonds. The van der Waals surface area contributed by atoms with Gasteiger partial charge in [-0.3, -0.25) is 9.78 Å². The number of rotatable bonds is 2. The average molecular weight is 164 g/mol. The van der Waals surface area contributed by atoms with Crippen molar-refractivity contribution in [3.05, 3.63) is 30.1 Å². The van der Waals surface area contributed by atoms with Crippen molar-refractivity contribution >= 4 is 5.91 Å². The molecule has 3 nitrogen and oxygen atoms in total. The third-order valence-corrected chi connectivity index (χ3v) is 1.68. The zero-order chi connectivity index (χ0) is 8.97. The van der Waals surface area contributed by atoms with Gasteiger partial charge < -0.3 is 4.90 Å². The molecular weight excluding hydrogens is 152 g/mol. The van der Waals surface area contributed by atoms with Crippen LogP contribution in [0, 0.1) is 0 Å². The van der Waals surface area contributed by atoms with Crippen LogP contribution in [0.25, 0.3) is 0 Å². The Morgan fingerprint density at radius 1 is 1.67 bits per heavy atom. The molecule has 0 aromatic carbocycles. The fourth-order valence-corrected chi connectivity index (χ4v) is 0.877. The highest BCUT2D eigenvalue weighted by molar-refractivity contribution is 5.72. The van der Waals surface area contributed by atoms with E-state index in [4.69, 9.17) is 0 Å². The van der Waals surface area contributed by atoms with E-state index in [2.05, 4.69) is 4.98 Å². The van der Waals surface area contributed by atoms with Crippen molar-refractivity contribution < 1.29 is 4.79 Å². The van der Waals surface area contributed by atoms with Crippen molar-refractivity contribution in [2.24, 2.45) is 0 Å². The number of amides is 1. The number of carbonyl (C=O) groups excluding carboxylic acids is 1.